The number of rotatable bonds is 2. The number of thioether (sulfide) groups is 1. The van der Waals surface area contributed by atoms with Crippen molar-refractivity contribution in [2.75, 3.05) is 19.5 Å². The molecular weight excluding hydrogens is 458 g/mol. The van der Waals surface area contributed by atoms with Gasteiger partial charge in [-0.05, 0) is 12.3 Å². The van der Waals surface area contributed by atoms with Gasteiger partial charge in [0.05, 0.1) is 12.7 Å². The van der Waals surface area contributed by atoms with E-state index in [1.54, 1.807) is 0 Å². The lowest BCUT2D eigenvalue weighted by molar-refractivity contribution is -0.146. The maximum Gasteiger partial charge on any atom is 0.506 e. The molecule has 4 N–H and O–H groups in total. The van der Waals surface area contributed by atoms with Crippen molar-refractivity contribution in [3.05, 3.63) is 22.8 Å². The number of methoxy groups -OCH3 is 1. The van der Waals surface area contributed by atoms with Gasteiger partial charge in [0.1, 0.15) is 24.1 Å². The van der Waals surface area contributed by atoms with Crippen LogP contribution in [0.3, 0.4) is 0 Å². The number of phenols is 2. The molecule has 0 aliphatic carbocycles. The molecule has 1 unspecified atom stereocenters. The summed E-state index contributed by atoms with van der Waals surface area (Å²) in [5.41, 5.74) is -0.377. The van der Waals surface area contributed by atoms with Crippen LogP contribution in [-0.2, 0) is 23.8 Å². The molecule has 0 saturated heterocycles. The molecule has 1 aromatic rings. The van der Waals surface area contributed by atoms with Crippen LogP contribution in [0.1, 0.15) is 47.5 Å². The molecule has 12 heteroatoms. The number of hydrogen-bond acceptors (Lipinski definition) is 10. The number of amides is 1. The second-order valence-electron chi connectivity index (χ2n) is 8.46. The molecule has 0 saturated carbocycles. The van der Waals surface area contributed by atoms with Gasteiger partial charge < -0.3 is 34.8 Å². The number of fused-ring (bicyclic) bond motifs is 1. The van der Waals surface area contributed by atoms with E-state index in [9.17, 15) is 29.4 Å². The second kappa shape index (κ2) is 10.2. The van der Waals surface area contributed by atoms with Crippen molar-refractivity contribution in [2.45, 2.75) is 45.1 Å². The van der Waals surface area contributed by atoms with Crippen molar-refractivity contribution >= 4 is 35.8 Å². The Labute approximate surface area is 194 Å². The molecule has 33 heavy (non-hydrogen) atoms. The molecule has 1 aromatic carbocycles. The third kappa shape index (κ3) is 6.01. The first-order valence-corrected chi connectivity index (χ1v) is 10.9. The van der Waals surface area contributed by atoms with Gasteiger partial charge in [0.25, 0.3) is 5.91 Å². The number of benzene rings is 1. The zero-order valence-corrected chi connectivity index (χ0v) is 19.6. The Hall–Kier alpha value is -3.15. The smallest absolute Gasteiger partial charge is 0.506 e. The van der Waals surface area contributed by atoms with Gasteiger partial charge in [0.15, 0.2) is 0 Å². The average molecular weight is 486 g/mol. The minimum Gasteiger partial charge on any atom is -0.508 e. The van der Waals surface area contributed by atoms with Crippen LogP contribution in [-0.4, -0.2) is 70.9 Å². The van der Waals surface area contributed by atoms with Crippen molar-refractivity contribution in [2.24, 2.45) is 5.41 Å². The lowest BCUT2D eigenvalue weighted by Crippen LogP contribution is -2.50. The van der Waals surface area contributed by atoms with E-state index in [0.717, 1.165) is 24.9 Å². The summed E-state index contributed by atoms with van der Waals surface area (Å²) in [6, 6.07) is -0.0705. The van der Waals surface area contributed by atoms with Crippen LogP contribution in [0.4, 0.5) is 4.79 Å². The van der Waals surface area contributed by atoms with Gasteiger partial charge >= 0.3 is 18.1 Å². The number of ether oxygens (including phenoxy) is 3. The van der Waals surface area contributed by atoms with Crippen molar-refractivity contribution in [1.29, 1.82) is 0 Å². The van der Waals surface area contributed by atoms with Crippen LogP contribution in [0.15, 0.2) is 6.07 Å². The summed E-state index contributed by atoms with van der Waals surface area (Å²) in [5, 5.41) is 31.7. The zero-order chi connectivity index (χ0) is 25.1. The van der Waals surface area contributed by atoms with E-state index in [1.807, 2.05) is 20.8 Å². The molecule has 2 rings (SSSR count). The molecule has 182 valence electrons. The van der Waals surface area contributed by atoms with Crippen LogP contribution in [0, 0.1) is 12.3 Å². The van der Waals surface area contributed by atoms with Gasteiger partial charge in [-0.3, -0.25) is 4.79 Å². The normalized spacial score (nSPS) is 22.0. The lowest BCUT2D eigenvalue weighted by Gasteiger charge is -2.34. The summed E-state index contributed by atoms with van der Waals surface area (Å²) in [4.78, 5) is 49.0. The third-order valence-electron chi connectivity index (χ3n) is 4.96. The molecule has 3 atom stereocenters. The maximum atomic E-state index is 13.0. The number of phenolic OH excluding ortho intramolecular Hbond substituents is 2. The van der Waals surface area contributed by atoms with Gasteiger partial charge in [-0.1, -0.05) is 20.8 Å². The Morgan fingerprint density at radius 3 is 2.39 bits per heavy atom. The van der Waals surface area contributed by atoms with Gasteiger partial charge in [0.2, 0.25) is 6.10 Å². The highest BCUT2D eigenvalue weighted by atomic mass is 32.2. The van der Waals surface area contributed by atoms with Crippen LogP contribution in [0.5, 0.6) is 11.5 Å². The Morgan fingerprint density at radius 2 is 1.85 bits per heavy atom. The minimum absolute atomic E-state index is 0.0337. The monoisotopic (exact) mass is 485 g/mol. The Balaban J connectivity index is 2.69. The minimum atomic E-state index is -1.79. The molecule has 0 aromatic heterocycles. The largest absolute Gasteiger partial charge is 0.508 e. The molecule has 1 heterocycles. The number of carboxylic acid groups (broad SMARTS) is 1. The van der Waals surface area contributed by atoms with Gasteiger partial charge in [-0.25, -0.2) is 14.4 Å². The Morgan fingerprint density at radius 1 is 1.21 bits per heavy atom. The van der Waals surface area contributed by atoms with E-state index in [1.165, 1.54) is 6.92 Å². The van der Waals surface area contributed by atoms with Crippen molar-refractivity contribution in [3.8, 4) is 11.5 Å². The standard InChI is InChI=1S/C21H27NO10S/c1-9-11(23)6-12(24)15-14(9)19(27)31-7-13(32-20(28)29)17(25)22-10(18(26)30-5)8-33-16(15)21(2,3)4/h6,10,13,16,23-24H,7-8H2,1-5H3,(H,22,25)(H,28,29)/t10-,13-,16?/m0/s1. The lowest BCUT2D eigenvalue weighted by atomic mass is 9.83. The molecule has 0 bridgehead atoms. The first-order valence-electron chi connectivity index (χ1n) is 9.89. The predicted octanol–water partition coefficient (Wildman–Crippen LogP) is 2.12. The van der Waals surface area contributed by atoms with E-state index in [2.05, 4.69) is 10.1 Å². The molecular formula is C21H27NO10S. The highest BCUT2D eigenvalue weighted by molar-refractivity contribution is 7.99. The van der Waals surface area contributed by atoms with E-state index in [-0.39, 0.29) is 33.9 Å². The number of cyclic esters (lactones) is 1. The highest BCUT2D eigenvalue weighted by Crippen LogP contribution is 2.50. The van der Waals surface area contributed by atoms with Crippen molar-refractivity contribution < 1.29 is 48.7 Å². The topological polar surface area (TPSA) is 169 Å². The fourth-order valence-electron chi connectivity index (χ4n) is 3.34. The molecule has 0 fully saturated rings. The fraction of sp³-hybridized carbons (Fsp3) is 0.524. The van der Waals surface area contributed by atoms with Gasteiger partial charge in [-0.2, -0.15) is 11.8 Å². The summed E-state index contributed by atoms with van der Waals surface area (Å²) in [5.74, 6) is -3.50. The SMILES string of the molecule is COC(=O)[C@@H]1CSC(C(C)(C)C)c2c(O)cc(O)c(C)c2C(=O)OC[C@H](OC(=O)O)C(=O)N1. The van der Waals surface area contributed by atoms with E-state index >= 15 is 0 Å². The molecule has 1 aliphatic rings. The summed E-state index contributed by atoms with van der Waals surface area (Å²) < 4.78 is 14.4. The third-order valence-corrected chi connectivity index (χ3v) is 6.77. The van der Waals surface area contributed by atoms with Crippen LogP contribution < -0.4 is 5.32 Å². The number of aromatic hydroxyl groups is 2. The number of esters is 2. The fourth-order valence-corrected chi connectivity index (χ4v) is 4.85. The van der Waals surface area contributed by atoms with Crippen LogP contribution in [0.2, 0.25) is 0 Å². The Bertz CT molecular complexity index is 955. The zero-order valence-electron chi connectivity index (χ0n) is 18.8. The van der Waals surface area contributed by atoms with Crippen LogP contribution >= 0.6 is 11.8 Å². The number of hydrogen-bond donors (Lipinski definition) is 4. The molecule has 11 nitrogen and oxygen atoms in total. The van der Waals surface area contributed by atoms with Crippen LogP contribution in [0.25, 0.3) is 0 Å². The second-order valence-corrected chi connectivity index (χ2v) is 9.60. The summed E-state index contributed by atoms with van der Waals surface area (Å²) in [6.45, 7) is 6.23. The summed E-state index contributed by atoms with van der Waals surface area (Å²) in [7, 11) is 1.14. The maximum absolute atomic E-state index is 13.0. The quantitative estimate of drug-likeness (QED) is 0.357. The van der Waals surface area contributed by atoms with Crippen molar-refractivity contribution in [1.82, 2.24) is 5.32 Å². The van der Waals surface area contributed by atoms with Gasteiger partial charge in [-0.15, -0.1) is 0 Å². The van der Waals surface area contributed by atoms with Gasteiger partial charge in [0, 0.05) is 28.2 Å². The predicted molar refractivity (Wildman–Crippen MR) is 116 cm³/mol. The number of carbonyl (C=O) groups excluding carboxylic acids is 3. The summed E-state index contributed by atoms with van der Waals surface area (Å²) in [6.07, 6.45) is -3.56. The molecule has 1 aliphatic heterocycles. The molecule has 0 radical (unpaired) electrons. The summed E-state index contributed by atoms with van der Waals surface area (Å²) >= 11 is 1.16. The van der Waals surface area contributed by atoms with E-state index < -0.39 is 53.4 Å². The average Bonchev–Trinajstić information content (AvgIpc) is 2.70. The molecule has 1 amide bonds. The molecule has 0 spiro atoms. The number of carbonyl (C=O) groups is 4. The first kappa shape index (κ1) is 26.1. The van der Waals surface area contributed by atoms with Crippen molar-refractivity contribution in [3.63, 3.8) is 0 Å². The highest BCUT2D eigenvalue weighted by Gasteiger charge is 2.38. The first-order chi connectivity index (χ1) is 15.3. The Kier molecular flexibility index (Phi) is 8.06. The van der Waals surface area contributed by atoms with E-state index in [4.69, 9.17) is 14.6 Å². The van der Waals surface area contributed by atoms with E-state index in [0.29, 0.717) is 0 Å². The number of nitrogens with one attached hydrogen (secondary N) is 1.